The molecule has 82 heavy (non-hydrogen) atoms. The third-order valence-corrected chi connectivity index (χ3v) is 19.0. The van der Waals surface area contributed by atoms with E-state index in [1.165, 1.54) is 26.0 Å². The van der Waals surface area contributed by atoms with Crippen LogP contribution in [0.4, 0.5) is 4.79 Å². The van der Waals surface area contributed by atoms with Gasteiger partial charge < -0.3 is 59.9 Å². The zero-order chi connectivity index (χ0) is 58.9. The average molecular weight is 1150 g/mol. The van der Waals surface area contributed by atoms with Gasteiger partial charge in [-0.2, -0.15) is 11.8 Å². The summed E-state index contributed by atoms with van der Waals surface area (Å²) in [6.45, 7) is 7.64. The SMILES string of the molecule is CC(=O)O[C@H]1C(=O)[C@]2(C)[C@@H](OC(=O)CCNC(=O)CCCC[C@@H]3SC[C@H]4NC(=O)N[C@@H]34)C[C@H]3OC[C@@]3(OC(C)=O)[C@H]2[C@H](OC(=O)c2ccccc2)[C@]2(O)C[C@H](OC(=O)[C@H](O)[C@@H](NC(=O)c3ccccc3)c3ccccc3)C(C)=C1C2(C)C. The molecule has 0 spiro atoms. The number of carbonyl (C=O) groups is 9. The molecule has 3 saturated heterocycles. The van der Waals surface area contributed by atoms with Crippen LogP contribution in [0.3, 0.4) is 0 Å². The second-order valence-electron chi connectivity index (χ2n) is 22.8. The quantitative estimate of drug-likeness (QED) is 0.0316. The van der Waals surface area contributed by atoms with Crippen LogP contribution in [0.5, 0.6) is 0 Å². The van der Waals surface area contributed by atoms with Gasteiger partial charge in [0.1, 0.15) is 30.0 Å². The predicted octanol–water partition coefficient (Wildman–Crippen LogP) is 4.52. The fraction of sp³-hybridized carbons (Fsp3) is 0.517. The molecule has 6 N–H and O–H groups in total. The number of rotatable bonds is 19. The fourth-order valence-electron chi connectivity index (χ4n) is 13.2. The van der Waals surface area contributed by atoms with Crippen molar-refractivity contribution in [3.63, 3.8) is 0 Å². The number of urea groups is 1. The number of nitrogens with one attached hydrogen (secondary N) is 4. The van der Waals surface area contributed by atoms with Crippen molar-refractivity contribution in [2.75, 3.05) is 18.9 Å². The van der Waals surface area contributed by atoms with E-state index in [-0.39, 0.29) is 77.4 Å². The third-order valence-electron chi connectivity index (χ3n) is 17.5. The summed E-state index contributed by atoms with van der Waals surface area (Å²) in [5.41, 5.74) is -7.77. The lowest BCUT2D eigenvalue weighted by Crippen LogP contribution is -2.82. The van der Waals surface area contributed by atoms with Crippen LogP contribution in [0.25, 0.3) is 0 Å². The van der Waals surface area contributed by atoms with E-state index < -0.39 is 125 Å². The number of Topliss-reactive ketones (excluding diaryl/α,β-unsaturated/α-hetero) is 1. The van der Waals surface area contributed by atoms with E-state index in [1.54, 1.807) is 104 Å². The summed E-state index contributed by atoms with van der Waals surface area (Å²) in [6.07, 6.45) is -9.24. The molecular weight excluding hydrogens is 1080 g/mol. The Morgan fingerprint density at radius 2 is 1.48 bits per heavy atom. The Hall–Kier alpha value is -7.14. The van der Waals surface area contributed by atoms with Crippen molar-refractivity contribution in [1.82, 2.24) is 21.3 Å². The van der Waals surface area contributed by atoms with Gasteiger partial charge >= 0.3 is 35.9 Å². The maximum absolute atomic E-state index is 16.3. The number of esters is 5. The van der Waals surface area contributed by atoms with E-state index in [1.807, 2.05) is 0 Å². The number of ketones is 1. The number of aliphatic hydroxyl groups is 2. The van der Waals surface area contributed by atoms with Crippen LogP contribution >= 0.6 is 11.8 Å². The molecule has 3 aromatic rings. The summed E-state index contributed by atoms with van der Waals surface area (Å²) in [5.74, 6) is -7.65. The molecule has 3 aliphatic heterocycles. The van der Waals surface area contributed by atoms with Gasteiger partial charge in [0.25, 0.3) is 5.91 Å². The monoisotopic (exact) mass is 1150 g/mol. The largest absolute Gasteiger partial charge is 0.461 e. The molecule has 2 saturated carbocycles. The molecule has 3 heterocycles. The van der Waals surface area contributed by atoms with E-state index in [0.29, 0.717) is 12.0 Å². The Labute approximate surface area is 478 Å². The van der Waals surface area contributed by atoms with Gasteiger partial charge in [-0.1, -0.05) is 87.0 Å². The van der Waals surface area contributed by atoms with Crippen LogP contribution < -0.4 is 21.3 Å². The Balaban J connectivity index is 1.06. The standard InChI is InChI=1S/C60H70N4O17S/c1-32-39(78-55(73)48(69)46(35-18-10-7-11-19-35)63-53(71)36-20-12-8-13-21-36)29-60(75)52(80-54(72)37-22-14-9-15-23-37)50-58(6,51(70)49(77-33(2)65)45(32)57(60,4)5)41(28-42-59(50,31-76-42)81-34(3)66)79-44(68)26-27-61-43(67)25-17-16-24-40-47-38(30-82-40)62-56(74)64-47/h7-15,18-23,38-42,46-50,52,69,75H,16-17,24-31H2,1-6H3,(H,61,67)(H,63,71)(H2,62,64,74)/t38-,39+,40+,41+,42-,46+,47-,48-,49-,50+,52+,58-,59+,60-/m1/s1. The van der Waals surface area contributed by atoms with E-state index in [9.17, 15) is 48.6 Å². The van der Waals surface area contributed by atoms with Gasteiger partial charge in [-0.15, -0.1) is 0 Å². The number of benzene rings is 3. The highest BCUT2D eigenvalue weighted by atomic mass is 32.2. The number of hydrogen-bond acceptors (Lipinski definition) is 18. The molecule has 2 bridgehead atoms. The van der Waals surface area contributed by atoms with Gasteiger partial charge in [-0.25, -0.2) is 14.4 Å². The van der Waals surface area contributed by atoms with Gasteiger partial charge in [0, 0.05) is 61.6 Å². The fourth-order valence-corrected chi connectivity index (χ4v) is 14.8. The van der Waals surface area contributed by atoms with Crippen molar-refractivity contribution in [2.45, 2.75) is 158 Å². The number of carbonyl (C=O) groups excluding carboxylic acids is 9. The molecule has 3 aliphatic carbocycles. The second-order valence-corrected chi connectivity index (χ2v) is 24.1. The normalized spacial score (nSPS) is 31.0. The zero-order valence-electron chi connectivity index (χ0n) is 46.5. The maximum atomic E-state index is 16.3. The highest BCUT2D eigenvalue weighted by molar-refractivity contribution is 8.00. The maximum Gasteiger partial charge on any atom is 0.338 e. The van der Waals surface area contributed by atoms with Crippen molar-refractivity contribution in [2.24, 2.45) is 16.7 Å². The summed E-state index contributed by atoms with van der Waals surface area (Å²) < 4.78 is 37.5. The minimum atomic E-state index is -2.51. The molecule has 3 aromatic carbocycles. The molecular formula is C60H70N4O17S. The Kier molecular flexibility index (Phi) is 17.4. The molecule has 0 radical (unpaired) electrons. The molecule has 438 valence electrons. The molecule has 21 nitrogen and oxygen atoms in total. The molecule has 0 aromatic heterocycles. The van der Waals surface area contributed by atoms with Gasteiger partial charge in [0.15, 0.2) is 23.6 Å². The number of aliphatic hydroxyl groups excluding tert-OH is 1. The molecule has 14 atom stereocenters. The van der Waals surface area contributed by atoms with Crippen molar-refractivity contribution in [3.05, 3.63) is 119 Å². The lowest BCUT2D eigenvalue weighted by molar-refractivity contribution is -0.346. The third kappa shape index (κ3) is 11.4. The van der Waals surface area contributed by atoms with E-state index >= 15 is 4.79 Å². The topological polar surface area (TPSA) is 298 Å². The molecule has 9 rings (SSSR count). The molecule has 0 unspecified atom stereocenters. The predicted molar refractivity (Wildman–Crippen MR) is 293 cm³/mol. The first kappa shape index (κ1) is 59.5. The molecule has 4 amide bonds. The summed E-state index contributed by atoms with van der Waals surface area (Å²) in [4.78, 5) is 125. The first-order valence-corrected chi connectivity index (χ1v) is 28.7. The van der Waals surface area contributed by atoms with Crippen LogP contribution in [0.2, 0.25) is 0 Å². The van der Waals surface area contributed by atoms with E-state index in [0.717, 1.165) is 32.4 Å². The first-order valence-electron chi connectivity index (χ1n) is 27.7. The number of fused-ring (bicyclic) bond motifs is 6. The summed E-state index contributed by atoms with van der Waals surface area (Å²) in [7, 11) is 0. The lowest BCUT2D eigenvalue weighted by Gasteiger charge is -2.67. The summed E-state index contributed by atoms with van der Waals surface area (Å²) in [5, 5.41) is 37.7. The number of ether oxygens (including phenoxy) is 6. The molecule has 5 fully saturated rings. The van der Waals surface area contributed by atoms with Crippen molar-refractivity contribution in [1.29, 1.82) is 0 Å². The second kappa shape index (κ2) is 24.0. The number of unbranched alkanes of at least 4 members (excludes halogenated alkanes) is 1. The van der Waals surface area contributed by atoms with E-state index in [2.05, 4.69) is 21.3 Å². The number of amides is 4. The first-order chi connectivity index (χ1) is 39.0. The Bertz CT molecular complexity index is 3000. The zero-order valence-corrected chi connectivity index (χ0v) is 47.3. The number of hydrogen-bond donors (Lipinski definition) is 6. The van der Waals surface area contributed by atoms with Crippen LogP contribution in [0, 0.1) is 16.7 Å². The highest BCUT2D eigenvalue weighted by Crippen LogP contribution is 2.65. The molecule has 6 aliphatic rings. The molecule has 22 heteroatoms. The van der Waals surface area contributed by atoms with Crippen LogP contribution in [-0.4, -0.2) is 148 Å². The van der Waals surface area contributed by atoms with Crippen LogP contribution in [-0.2, 0) is 57.2 Å². The smallest absolute Gasteiger partial charge is 0.338 e. The summed E-state index contributed by atoms with van der Waals surface area (Å²) in [6, 6.07) is 22.6. The van der Waals surface area contributed by atoms with Crippen molar-refractivity contribution >= 4 is 65.2 Å². The average Bonchev–Trinajstić information content (AvgIpc) is 0.827. The van der Waals surface area contributed by atoms with Crippen molar-refractivity contribution < 1.29 is 81.8 Å². The van der Waals surface area contributed by atoms with Gasteiger partial charge in [0.05, 0.1) is 48.0 Å². The lowest BCUT2D eigenvalue weighted by atomic mass is 9.44. The number of thioether (sulfide) groups is 1. The van der Waals surface area contributed by atoms with Gasteiger partial charge in [0.2, 0.25) is 5.91 Å². The minimum Gasteiger partial charge on any atom is -0.461 e. The minimum absolute atomic E-state index is 0.0153. The Morgan fingerprint density at radius 3 is 2.11 bits per heavy atom. The van der Waals surface area contributed by atoms with Crippen LogP contribution in [0.1, 0.15) is 119 Å². The van der Waals surface area contributed by atoms with Gasteiger partial charge in [-0.3, -0.25) is 28.8 Å². The van der Waals surface area contributed by atoms with Crippen molar-refractivity contribution in [3.8, 4) is 0 Å². The van der Waals surface area contributed by atoms with E-state index in [4.69, 9.17) is 28.4 Å². The van der Waals surface area contributed by atoms with Crippen LogP contribution in [0.15, 0.2) is 102 Å². The summed E-state index contributed by atoms with van der Waals surface area (Å²) >= 11 is 1.78. The van der Waals surface area contributed by atoms with Gasteiger partial charge in [-0.05, 0) is 67.7 Å². The highest BCUT2D eigenvalue weighted by Gasteiger charge is 2.79. The Morgan fingerprint density at radius 1 is 0.817 bits per heavy atom.